The van der Waals surface area contributed by atoms with Gasteiger partial charge in [-0.1, -0.05) is 0 Å². The van der Waals surface area contributed by atoms with Crippen molar-refractivity contribution in [2.75, 3.05) is 19.6 Å². The van der Waals surface area contributed by atoms with Gasteiger partial charge in [0, 0.05) is 19.1 Å². The lowest BCUT2D eigenvalue weighted by Gasteiger charge is -2.51. The lowest BCUT2D eigenvalue weighted by Crippen LogP contribution is -2.72. The molecule has 2 fully saturated rings. The third-order valence-corrected chi connectivity index (χ3v) is 3.03. The van der Waals surface area contributed by atoms with Crippen LogP contribution in [0.2, 0.25) is 0 Å². The van der Waals surface area contributed by atoms with Crippen LogP contribution in [0, 0.1) is 0 Å². The number of hydrogen-bond donors (Lipinski definition) is 1. The molecule has 2 rings (SSSR count). The number of rotatable bonds is 1. The first-order valence-corrected chi connectivity index (χ1v) is 5.23. The Morgan fingerprint density at radius 3 is 2.64 bits per heavy atom. The first kappa shape index (κ1) is 9.93. The van der Waals surface area contributed by atoms with Gasteiger partial charge in [0.2, 0.25) is 0 Å². The molecule has 1 spiro atoms. The van der Waals surface area contributed by atoms with Crippen LogP contribution in [0.5, 0.6) is 0 Å². The summed E-state index contributed by atoms with van der Waals surface area (Å²) in [5.41, 5.74) is -0.0996. The van der Waals surface area contributed by atoms with E-state index in [1.165, 1.54) is 0 Å². The predicted octanol–water partition coefficient (Wildman–Crippen LogP) is -0.0159. The fraction of sp³-hybridized carbons (Fsp3) is 0.900. The van der Waals surface area contributed by atoms with E-state index >= 15 is 0 Å². The summed E-state index contributed by atoms with van der Waals surface area (Å²) in [7, 11) is 0. The van der Waals surface area contributed by atoms with E-state index in [4.69, 9.17) is 4.74 Å². The third kappa shape index (κ3) is 1.42. The SMILES string of the molecule is CC(C)N1CC2(CNC2)O[C@@H](C)C1=O. The largest absolute Gasteiger partial charge is 0.358 e. The highest BCUT2D eigenvalue weighted by atomic mass is 16.5. The van der Waals surface area contributed by atoms with Crippen LogP contribution in [0.15, 0.2) is 0 Å². The van der Waals surface area contributed by atoms with Crippen LogP contribution in [0.25, 0.3) is 0 Å². The van der Waals surface area contributed by atoms with Gasteiger partial charge in [0.05, 0.1) is 6.54 Å². The van der Waals surface area contributed by atoms with Crippen molar-refractivity contribution >= 4 is 5.91 Å². The molecule has 4 nitrogen and oxygen atoms in total. The number of hydrogen-bond acceptors (Lipinski definition) is 3. The standard InChI is InChI=1S/C10H18N2O2/c1-7(2)12-6-10(4-11-5-10)14-8(3)9(12)13/h7-8,11H,4-6H2,1-3H3/t8-/m0/s1. The van der Waals surface area contributed by atoms with E-state index in [2.05, 4.69) is 19.2 Å². The van der Waals surface area contributed by atoms with Crippen LogP contribution in [-0.4, -0.2) is 48.2 Å². The predicted molar refractivity (Wildman–Crippen MR) is 53.0 cm³/mol. The van der Waals surface area contributed by atoms with Crippen molar-refractivity contribution in [1.29, 1.82) is 0 Å². The topological polar surface area (TPSA) is 41.6 Å². The van der Waals surface area contributed by atoms with E-state index in [1.54, 1.807) is 0 Å². The Bertz CT molecular complexity index is 249. The lowest BCUT2D eigenvalue weighted by atomic mass is 9.92. The average Bonchev–Trinajstić information content (AvgIpc) is 2.06. The van der Waals surface area contributed by atoms with Crippen molar-refractivity contribution < 1.29 is 9.53 Å². The van der Waals surface area contributed by atoms with Crippen LogP contribution >= 0.6 is 0 Å². The van der Waals surface area contributed by atoms with Gasteiger partial charge in [-0.3, -0.25) is 4.79 Å². The number of nitrogens with one attached hydrogen (secondary N) is 1. The molecule has 0 unspecified atom stereocenters. The summed E-state index contributed by atoms with van der Waals surface area (Å²) in [6.07, 6.45) is -0.284. The van der Waals surface area contributed by atoms with Gasteiger partial charge >= 0.3 is 0 Å². The van der Waals surface area contributed by atoms with E-state index in [0.29, 0.717) is 0 Å². The molecule has 0 radical (unpaired) electrons. The zero-order valence-electron chi connectivity index (χ0n) is 9.04. The summed E-state index contributed by atoms with van der Waals surface area (Å²) in [5, 5.41) is 3.20. The zero-order valence-corrected chi connectivity index (χ0v) is 9.04. The Morgan fingerprint density at radius 2 is 2.21 bits per heavy atom. The smallest absolute Gasteiger partial charge is 0.251 e. The molecular weight excluding hydrogens is 180 g/mol. The highest BCUT2D eigenvalue weighted by molar-refractivity contribution is 5.81. The number of ether oxygens (including phenoxy) is 1. The Morgan fingerprint density at radius 1 is 1.57 bits per heavy atom. The van der Waals surface area contributed by atoms with Crippen LogP contribution in [0.3, 0.4) is 0 Å². The Hall–Kier alpha value is -0.610. The summed E-state index contributed by atoms with van der Waals surface area (Å²) < 4.78 is 5.75. The molecule has 4 heteroatoms. The van der Waals surface area contributed by atoms with Crippen LogP contribution in [0.1, 0.15) is 20.8 Å². The van der Waals surface area contributed by atoms with Crippen molar-refractivity contribution in [2.24, 2.45) is 0 Å². The fourth-order valence-corrected chi connectivity index (χ4v) is 2.12. The van der Waals surface area contributed by atoms with Gasteiger partial charge in [-0.2, -0.15) is 0 Å². The normalized spacial score (nSPS) is 31.0. The van der Waals surface area contributed by atoms with Gasteiger partial charge in [-0.25, -0.2) is 0 Å². The van der Waals surface area contributed by atoms with Crippen molar-refractivity contribution in [2.45, 2.75) is 38.5 Å². The summed E-state index contributed by atoms with van der Waals surface area (Å²) in [5.74, 6) is 0.123. The molecule has 14 heavy (non-hydrogen) atoms. The van der Waals surface area contributed by atoms with Crippen LogP contribution in [-0.2, 0) is 9.53 Å². The second-order valence-corrected chi connectivity index (χ2v) is 4.61. The second kappa shape index (κ2) is 3.21. The molecule has 0 aromatic rings. The maximum Gasteiger partial charge on any atom is 0.251 e. The maximum atomic E-state index is 11.8. The van der Waals surface area contributed by atoms with Gasteiger partial charge < -0.3 is 15.0 Å². The molecular formula is C10H18N2O2. The Kier molecular flexibility index (Phi) is 2.27. The molecule has 0 aromatic heterocycles. The molecule has 2 aliphatic heterocycles. The molecule has 2 heterocycles. The number of carbonyl (C=O) groups is 1. The van der Waals surface area contributed by atoms with Gasteiger partial charge in [-0.15, -0.1) is 0 Å². The number of carbonyl (C=O) groups excluding carboxylic acids is 1. The quantitative estimate of drug-likeness (QED) is 0.644. The molecule has 1 amide bonds. The van der Waals surface area contributed by atoms with E-state index < -0.39 is 0 Å². The molecule has 0 bridgehead atoms. The molecule has 80 valence electrons. The number of amides is 1. The first-order valence-electron chi connectivity index (χ1n) is 5.23. The molecule has 0 aliphatic carbocycles. The van der Waals surface area contributed by atoms with Gasteiger partial charge in [0.15, 0.2) is 0 Å². The summed E-state index contributed by atoms with van der Waals surface area (Å²) in [6, 6.07) is 0.270. The van der Waals surface area contributed by atoms with E-state index in [-0.39, 0.29) is 23.7 Å². The van der Waals surface area contributed by atoms with Crippen molar-refractivity contribution in [3.05, 3.63) is 0 Å². The molecule has 1 N–H and O–H groups in total. The Labute approximate surface area is 84.6 Å². The summed E-state index contributed by atoms with van der Waals surface area (Å²) in [6.45, 7) is 8.42. The van der Waals surface area contributed by atoms with Crippen molar-refractivity contribution in [3.63, 3.8) is 0 Å². The lowest BCUT2D eigenvalue weighted by molar-refractivity contribution is -0.193. The van der Waals surface area contributed by atoms with Gasteiger partial charge in [-0.05, 0) is 20.8 Å². The molecule has 2 aliphatic rings. The van der Waals surface area contributed by atoms with Crippen molar-refractivity contribution in [1.82, 2.24) is 10.2 Å². The minimum atomic E-state index is -0.284. The molecule has 2 saturated heterocycles. The minimum absolute atomic E-state index is 0.0996. The average molecular weight is 198 g/mol. The molecule has 0 saturated carbocycles. The number of morpholine rings is 1. The maximum absolute atomic E-state index is 11.8. The van der Waals surface area contributed by atoms with Crippen LogP contribution in [0.4, 0.5) is 0 Å². The monoisotopic (exact) mass is 198 g/mol. The van der Waals surface area contributed by atoms with E-state index in [9.17, 15) is 4.79 Å². The van der Waals surface area contributed by atoms with Crippen LogP contribution < -0.4 is 5.32 Å². The molecule has 1 atom stereocenters. The van der Waals surface area contributed by atoms with Gasteiger partial charge in [0.1, 0.15) is 11.7 Å². The minimum Gasteiger partial charge on any atom is -0.358 e. The fourth-order valence-electron chi connectivity index (χ4n) is 2.12. The summed E-state index contributed by atoms with van der Waals surface area (Å²) >= 11 is 0. The second-order valence-electron chi connectivity index (χ2n) is 4.61. The zero-order chi connectivity index (χ0) is 10.3. The first-order chi connectivity index (χ1) is 6.54. The highest BCUT2D eigenvalue weighted by Crippen LogP contribution is 2.27. The highest BCUT2D eigenvalue weighted by Gasteiger charge is 2.47. The summed E-state index contributed by atoms with van der Waals surface area (Å²) in [4.78, 5) is 13.7. The number of nitrogens with zero attached hydrogens (tertiary/aromatic N) is 1. The van der Waals surface area contributed by atoms with E-state index in [0.717, 1.165) is 19.6 Å². The van der Waals surface area contributed by atoms with Gasteiger partial charge in [0.25, 0.3) is 5.91 Å². The van der Waals surface area contributed by atoms with E-state index in [1.807, 2.05) is 11.8 Å². The van der Waals surface area contributed by atoms with Crippen molar-refractivity contribution in [3.8, 4) is 0 Å². The Balaban J connectivity index is 2.13. The third-order valence-electron chi connectivity index (χ3n) is 3.03. The molecule has 0 aromatic carbocycles.